The van der Waals surface area contributed by atoms with Crippen LogP contribution >= 0.6 is 11.3 Å². The highest BCUT2D eigenvalue weighted by molar-refractivity contribution is 7.21. The second kappa shape index (κ2) is 8.29. The highest BCUT2D eigenvalue weighted by atomic mass is 32.1. The van der Waals surface area contributed by atoms with Crippen LogP contribution in [0.5, 0.6) is 0 Å². The first kappa shape index (κ1) is 18.9. The molecule has 6 heteroatoms. The number of hydrogen-bond donors (Lipinski definition) is 1. The van der Waals surface area contributed by atoms with Crippen LogP contribution in [0, 0.1) is 12.7 Å². The molecule has 1 fully saturated rings. The predicted molar refractivity (Wildman–Crippen MR) is 114 cm³/mol. The normalized spacial score (nSPS) is 15.1. The summed E-state index contributed by atoms with van der Waals surface area (Å²) in [7, 11) is 0. The summed E-state index contributed by atoms with van der Waals surface area (Å²) in [5.74, 6) is -0.336. The minimum Gasteiger partial charge on any atom is -0.369 e. The van der Waals surface area contributed by atoms with E-state index >= 15 is 0 Å². The number of thiophene rings is 1. The number of piperazine rings is 1. The molecule has 0 saturated carbocycles. The SMILES string of the molecule is Cc1c(C(=O)NCCN2CCN(c3ccccc3)CC2)sc2ccc(F)cc12. The van der Waals surface area contributed by atoms with Crippen molar-refractivity contribution in [3.63, 3.8) is 0 Å². The van der Waals surface area contributed by atoms with Gasteiger partial charge < -0.3 is 10.2 Å². The van der Waals surface area contributed by atoms with Gasteiger partial charge in [0.25, 0.3) is 5.91 Å². The Morgan fingerprint density at radius 3 is 2.61 bits per heavy atom. The molecule has 0 spiro atoms. The van der Waals surface area contributed by atoms with Crippen LogP contribution < -0.4 is 10.2 Å². The zero-order chi connectivity index (χ0) is 19.5. The van der Waals surface area contributed by atoms with Crippen LogP contribution in [0.2, 0.25) is 0 Å². The summed E-state index contributed by atoms with van der Waals surface area (Å²) < 4.78 is 14.4. The summed E-state index contributed by atoms with van der Waals surface area (Å²) in [5, 5.41) is 3.85. The molecule has 4 nitrogen and oxygen atoms in total. The third-order valence-corrected chi connectivity index (χ3v) is 6.58. The highest BCUT2D eigenvalue weighted by Crippen LogP contribution is 2.31. The topological polar surface area (TPSA) is 35.6 Å². The molecule has 1 N–H and O–H groups in total. The van der Waals surface area contributed by atoms with Gasteiger partial charge in [0, 0.05) is 49.7 Å². The average Bonchev–Trinajstić information content (AvgIpc) is 3.05. The van der Waals surface area contributed by atoms with Crippen molar-refractivity contribution in [2.24, 2.45) is 0 Å². The van der Waals surface area contributed by atoms with Gasteiger partial charge >= 0.3 is 0 Å². The summed E-state index contributed by atoms with van der Waals surface area (Å²) >= 11 is 1.43. The molecule has 1 saturated heterocycles. The fraction of sp³-hybridized carbons (Fsp3) is 0.318. The van der Waals surface area contributed by atoms with Crippen LogP contribution in [0.1, 0.15) is 15.2 Å². The lowest BCUT2D eigenvalue weighted by Gasteiger charge is -2.36. The number of carbonyl (C=O) groups is 1. The molecule has 2 aromatic carbocycles. The lowest BCUT2D eigenvalue weighted by Crippen LogP contribution is -2.48. The molecular formula is C22H24FN3OS. The first-order valence-corrected chi connectivity index (χ1v) is 10.4. The van der Waals surface area contributed by atoms with Gasteiger partial charge in [0.1, 0.15) is 5.82 Å². The number of rotatable bonds is 5. The van der Waals surface area contributed by atoms with Gasteiger partial charge in [0.15, 0.2) is 0 Å². The van der Waals surface area contributed by atoms with Gasteiger partial charge in [-0.15, -0.1) is 11.3 Å². The molecule has 0 atom stereocenters. The van der Waals surface area contributed by atoms with E-state index in [0.717, 1.165) is 48.4 Å². The summed E-state index contributed by atoms with van der Waals surface area (Å²) in [4.78, 5) is 18.0. The van der Waals surface area contributed by atoms with E-state index in [2.05, 4.69) is 39.4 Å². The van der Waals surface area contributed by atoms with Crippen LogP contribution in [-0.4, -0.2) is 50.1 Å². The molecule has 146 valence electrons. The van der Waals surface area contributed by atoms with E-state index in [9.17, 15) is 9.18 Å². The molecule has 3 aromatic rings. The number of fused-ring (bicyclic) bond motifs is 1. The van der Waals surface area contributed by atoms with Gasteiger partial charge in [0.2, 0.25) is 0 Å². The van der Waals surface area contributed by atoms with Crippen LogP contribution in [0.25, 0.3) is 10.1 Å². The van der Waals surface area contributed by atoms with Crippen LogP contribution in [-0.2, 0) is 0 Å². The van der Waals surface area contributed by atoms with Crippen molar-refractivity contribution in [3.8, 4) is 0 Å². The molecule has 0 bridgehead atoms. The van der Waals surface area contributed by atoms with Crippen LogP contribution in [0.3, 0.4) is 0 Å². The Kier molecular flexibility index (Phi) is 5.59. The molecule has 4 rings (SSSR count). The van der Waals surface area contributed by atoms with Gasteiger partial charge in [0.05, 0.1) is 4.88 Å². The number of carbonyl (C=O) groups excluding carboxylic acids is 1. The number of hydrogen-bond acceptors (Lipinski definition) is 4. The maximum absolute atomic E-state index is 13.5. The lowest BCUT2D eigenvalue weighted by molar-refractivity contribution is 0.0951. The van der Waals surface area contributed by atoms with Crippen molar-refractivity contribution < 1.29 is 9.18 Å². The van der Waals surface area contributed by atoms with Crippen molar-refractivity contribution in [3.05, 3.63) is 64.8 Å². The number of para-hydroxylation sites is 1. The number of anilines is 1. The van der Waals surface area contributed by atoms with E-state index in [1.54, 1.807) is 6.07 Å². The average molecular weight is 398 g/mol. The number of nitrogens with zero attached hydrogens (tertiary/aromatic N) is 2. The summed E-state index contributed by atoms with van der Waals surface area (Å²) in [6, 6.07) is 15.2. The predicted octanol–water partition coefficient (Wildman–Crippen LogP) is 3.90. The first-order valence-electron chi connectivity index (χ1n) is 9.61. The zero-order valence-corrected chi connectivity index (χ0v) is 16.8. The summed E-state index contributed by atoms with van der Waals surface area (Å²) in [5.41, 5.74) is 2.13. The standard InChI is InChI=1S/C22H24FN3OS/c1-16-19-15-17(23)7-8-20(19)28-21(16)22(27)24-9-10-25-11-13-26(14-12-25)18-5-3-2-4-6-18/h2-8,15H,9-14H2,1H3,(H,24,27). The van der Waals surface area contributed by atoms with E-state index in [0.29, 0.717) is 11.4 Å². The van der Waals surface area contributed by atoms with E-state index in [-0.39, 0.29) is 11.7 Å². The van der Waals surface area contributed by atoms with Crippen molar-refractivity contribution in [2.45, 2.75) is 6.92 Å². The minimum absolute atomic E-state index is 0.0676. The number of halogens is 1. The number of benzene rings is 2. The van der Waals surface area contributed by atoms with Crippen molar-refractivity contribution >= 4 is 33.0 Å². The Hall–Kier alpha value is -2.44. The van der Waals surface area contributed by atoms with Gasteiger partial charge in [-0.1, -0.05) is 18.2 Å². The second-order valence-corrected chi connectivity index (χ2v) is 8.17. The van der Waals surface area contributed by atoms with E-state index in [1.807, 2.05) is 13.0 Å². The fourth-order valence-electron chi connectivity index (χ4n) is 3.69. The first-order chi connectivity index (χ1) is 13.6. The van der Waals surface area contributed by atoms with Crippen LogP contribution in [0.15, 0.2) is 48.5 Å². The quantitative estimate of drug-likeness (QED) is 0.709. The van der Waals surface area contributed by atoms with E-state index in [1.165, 1.54) is 29.2 Å². The maximum Gasteiger partial charge on any atom is 0.261 e. The third kappa shape index (κ3) is 4.03. The molecule has 0 unspecified atom stereocenters. The lowest BCUT2D eigenvalue weighted by atomic mass is 10.1. The molecule has 1 aromatic heterocycles. The molecule has 0 radical (unpaired) electrons. The van der Waals surface area contributed by atoms with Crippen LogP contribution in [0.4, 0.5) is 10.1 Å². The number of aryl methyl sites for hydroxylation is 1. The van der Waals surface area contributed by atoms with Gasteiger partial charge in [-0.2, -0.15) is 0 Å². The molecule has 0 aliphatic carbocycles. The number of amides is 1. The molecule has 1 aliphatic rings. The largest absolute Gasteiger partial charge is 0.369 e. The smallest absolute Gasteiger partial charge is 0.261 e. The second-order valence-electron chi connectivity index (χ2n) is 7.12. The fourth-order valence-corrected chi connectivity index (χ4v) is 4.79. The molecule has 1 aliphatic heterocycles. The third-order valence-electron chi connectivity index (χ3n) is 5.31. The van der Waals surface area contributed by atoms with E-state index in [4.69, 9.17) is 0 Å². The van der Waals surface area contributed by atoms with E-state index < -0.39 is 0 Å². The number of nitrogens with one attached hydrogen (secondary N) is 1. The Morgan fingerprint density at radius 1 is 1.11 bits per heavy atom. The highest BCUT2D eigenvalue weighted by Gasteiger charge is 2.18. The van der Waals surface area contributed by atoms with Gasteiger partial charge in [-0.05, 0) is 48.2 Å². The van der Waals surface area contributed by atoms with Crippen molar-refractivity contribution in [1.29, 1.82) is 0 Å². The maximum atomic E-state index is 13.5. The monoisotopic (exact) mass is 397 g/mol. The Labute approximate surface area is 168 Å². The Balaban J connectivity index is 1.28. The molecule has 1 amide bonds. The minimum atomic E-state index is -0.269. The van der Waals surface area contributed by atoms with Crippen molar-refractivity contribution in [2.75, 3.05) is 44.2 Å². The molecule has 28 heavy (non-hydrogen) atoms. The summed E-state index contributed by atoms with van der Waals surface area (Å²) in [6.07, 6.45) is 0. The van der Waals surface area contributed by atoms with Gasteiger partial charge in [-0.3, -0.25) is 9.69 Å². The summed E-state index contributed by atoms with van der Waals surface area (Å²) in [6.45, 7) is 7.32. The Bertz CT molecular complexity index is 965. The van der Waals surface area contributed by atoms with Crippen molar-refractivity contribution in [1.82, 2.24) is 10.2 Å². The van der Waals surface area contributed by atoms with Gasteiger partial charge in [-0.25, -0.2) is 4.39 Å². The molecule has 2 heterocycles. The zero-order valence-electron chi connectivity index (χ0n) is 16.0. The Morgan fingerprint density at radius 2 is 1.86 bits per heavy atom. The molecular weight excluding hydrogens is 373 g/mol.